The number of nitrogens with one attached hydrogen (secondary N) is 2. The minimum atomic E-state index is 0.544. The number of anilines is 1. The van der Waals surface area contributed by atoms with Gasteiger partial charge in [0.1, 0.15) is 0 Å². The first kappa shape index (κ1) is 8.57. The first-order valence-electron chi connectivity index (χ1n) is 4.98. The highest BCUT2D eigenvalue weighted by atomic mass is 15.0. The van der Waals surface area contributed by atoms with Gasteiger partial charge in [0, 0.05) is 18.3 Å². The molecule has 0 fully saturated rings. The van der Waals surface area contributed by atoms with Crippen LogP contribution in [0.25, 0.3) is 0 Å². The summed E-state index contributed by atoms with van der Waals surface area (Å²) in [5.41, 5.74) is 2.70. The maximum absolute atomic E-state index is 3.50. The van der Waals surface area contributed by atoms with Crippen molar-refractivity contribution in [3.05, 3.63) is 29.8 Å². The Balaban J connectivity index is 2.26. The summed E-state index contributed by atoms with van der Waals surface area (Å²) in [6.07, 6.45) is 1.19. The van der Waals surface area contributed by atoms with Crippen molar-refractivity contribution in [1.82, 2.24) is 5.32 Å². The van der Waals surface area contributed by atoms with E-state index in [1.807, 2.05) is 0 Å². The number of fused-ring (bicyclic) bond motifs is 1. The van der Waals surface area contributed by atoms with Gasteiger partial charge in [-0.3, -0.25) is 0 Å². The normalized spacial score (nSPS) is 20.5. The summed E-state index contributed by atoms with van der Waals surface area (Å²) < 4.78 is 0. The molecule has 2 heteroatoms. The summed E-state index contributed by atoms with van der Waals surface area (Å²) in [5, 5.41) is 6.91. The summed E-state index contributed by atoms with van der Waals surface area (Å²) in [6.45, 7) is 4.28. The fourth-order valence-corrected chi connectivity index (χ4v) is 1.93. The summed E-state index contributed by atoms with van der Waals surface area (Å²) in [7, 11) is 0. The Morgan fingerprint density at radius 1 is 1.46 bits per heavy atom. The van der Waals surface area contributed by atoms with Gasteiger partial charge in [0.15, 0.2) is 0 Å². The zero-order valence-electron chi connectivity index (χ0n) is 8.01. The van der Waals surface area contributed by atoms with Crippen LogP contribution in [-0.2, 0) is 0 Å². The van der Waals surface area contributed by atoms with E-state index in [1.165, 1.54) is 17.7 Å². The predicted octanol–water partition coefficient (Wildman–Crippen LogP) is 2.15. The molecule has 1 atom stereocenters. The topological polar surface area (TPSA) is 24.1 Å². The molecule has 1 aliphatic rings. The number of rotatable bonds is 2. The number of para-hydroxylation sites is 1. The summed E-state index contributed by atoms with van der Waals surface area (Å²) in [6, 6.07) is 9.09. The summed E-state index contributed by atoms with van der Waals surface area (Å²) in [5.74, 6) is 0. The zero-order valence-corrected chi connectivity index (χ0v) is 8.01. The zero-order chi connectivity index (χ0) is 9.10. The van der Waals surface area contributed by atoms with Crippen molar-refractivity contribution in [1.29, 1.82) is 0 Å². The van der Waals surface area contributed by atoms with Gasteiger partial charge < -0.3 is 10.6 Å². The van der Waals surface area contributed by atoms with Gasteiger partial charge in [-0.25, -0.2) is 0 Å². The van der Waals surface area contributed by atoms with E-state index < -0.39 is 0 Å². The van der Waals surface area contributed by atoms with E-state index in [1.54, 1.807) is 0 Å². The molecule has 70 valence electrons. The predicted molar refractivity (Wildman–Crippen MR) is 56.0 cm³/mol. The number of hydrogen-bond donors (Lipinski definition) is 2. The van der Waals surface area contributed by atoms with Crippen molar-refractivity contribution in [3.8, 4) is 0 Å². The fraction of sp³-hybridized carbons (Fsp3) is 0.455. The van der Waals surface area contributed by atoms with Gasteiger partial charge >= 0.3 is 0 Å². The molecule has 0 saturated carbocycles. The van der Waals surface area contributed by atoms with Crippen LogP contribution in [0.2, 0.25) is 0 Å². The van der Waals surface area contributed by atoms with Gasteiger partial charge in [0.05, 0.1) is 0 Å². The molecule has 1 unspecified atom stereocenters. The molecule has 1 heterocycles. The van der Waals surface area contributed by atoms with Crippen LogP contribution in [0.1, 0.15) is 24.9 Å². The molecule has 0 spiro atoms. The molecule has 2 N–H and O–H groups in total. The molecule has 0 radical (unpaired) electrons. The monoisotopic (exact) mass is 176 g/mol. The Morgan fingerprint density at radius 2 is 2.31 bits per heavy atom. The molecule has 1 aromatic carbocycles. The molecule has 2 rings (SSSR count). The second-order valence-electron chi connectivity index (χ2n) is 3.41. The Bertz CT molecular complexity index is 283. The summed E-state index contributed by atoms with van der Waals surface area (Å²) >= 11 is 0. The molecule has 2 nitrogen and oxygen atoms in total. The lowest BCUT2D eigenvalue weighted by Crippen LogP contribution is -2.27. The fourth-order valence-electron chi connectivity index (χ4n) is 1.93. The first-order valence-corrected chi connectivity index (χ1v) is 4.98. The lowest BCUT2D eigenvalue weighted by molar-refractivity contribution is 0.517. The molecule has 1 aromatic rings. The molecule has 0 aliphatic carbocycles. The van der Waals surface area contributed by atoms with Crippen LogP contribution in [0.15, 0.2) is 24.3 Å². The van der Waals surface area contributed by atoms with Crippen LogP contribution in [0.4, 0.5) is 5.69 Å². The van der Waals surface area contributed by atoms with Crippen molar-refractivity contribution in [2.45, 2.75) is 19.4 Å². The number of hydrogen-bond acceptors (Lipinski definition) is 2. The highest BCUT2D eigenvalue weighted by Gasteiger charge is 2.17. The quantitative estimate of drug-likeness (QED) is 0.721. The molecule has 0 aromatic heterocycles. The van der Waals surface area contributed by atoms with E-state index in [4.69, 9.17) is 0 Å². The minimum absolute atomic E-state index is 0.544. The maximum Gasteiger partial charge on any atom is 0.0388 e. The van der Waals surface area contributed by atoms with Gasteiger partial charge in [-0.1, -0.05) is 25.1 Å². The molecule has 0 bridgehead atoms. The first-order chi connectivity index (χ1) is 6.42. The van der Waals surface area contributed by atoms with E-state index in [0.717, 1.165) is 13.1 Å². The van der Waals surface area contributed by atoms with E-state index in [-0.39, 0.29) is 0 Å². The molecule has 13 heavy (non-hydrogen) atoms. The van der Waals surface area contributed by atoms with Crippen LogP contribution in [0, 0.1) is 0 Å². The van der Waals surface area contributed by atoms with Crippen LogP contribution in [0.5, 0.6) is 0 Å². The van der Waals surface area contributed by atoms with Crippen molar-refractivity contribution >= 4 is 5.69 Å². The molecule has 0 amide bonds. The largest absolute Gasteiger partial charge is 0.385 e. The van der Waals surface area contributed by atoms with Crippen molar-refractivity contribution < 1.29 is 0 Å². The van der Waals surface area contributed by atoms with Crippen LogP contribution >= 0.6 is 0 Å². The molecule has 0 saturated heterocycles. The smallest absolute Gasteiger partial charge is 0.0388 e. The van der Waals surface area contributed by atoms with Crippen molar-refractivity contribution in [2.24, 2.45) is 0 Å². The van der Waals surface area contributed by atoms with Crippen molar-refractivity contribution in [2.75, 3.05) is 18.4 Å². The molecule has 1 aliphatic heterocycles. The Kier molecular flexibility index (Phi) is 2.50. The Morgan fingerprint density at radius 3 is 3.15 bits per heavy atom. The van der Waals surface area contributed by atoms with E-state index in [2.05, 4.69) is 41.8 Å². The molecular formula is C11H16N2. The van der Waals surface area contributed by atoms with Gasteiger partial charge in [-0.2, -0.15) is 0 Å². The summed E-state index contributed by atoms with van der Waals surface area (Å²) in [4.78, 5) is 0. The van der Waals surface area contributed by atoms with Crippen LogP contribution in [-0.4, -0.2) is 13.1 Å². The highest BCUT2D eigenvalue weighted by Crippen LogP contribution is 2.28. The van der Waals surface area contributed by atoms with E-state index in [9.17, 15) is 0 Å². The molecular weight excluding hydrogens is 160 g/mol. The van der Waals surface area contributed by atoms with E-state index in [0.29, 0.717) is 6.04 Å². The van der Waals surface area contributed by atoms with Crippen LogP contribution in [0.3, 0.4) is 0 Å². The van der Waals surface area contributed by atoms with Gasteiger partial charge in [0.2, 0.25) is 0 Å². The average molecular weight is 176 g/mol. The highest BCUT2D eigenvalue weighted by molar-refractivity contribution is 5.54. The van der Waals surface area contributed by atoms with Crippen LogP contribution < -0.4 is 10.6 Å². The maximum atomic E-state index is 3.50. The van der Waals surface area contributed by atoms with Gasteiger partial charge in [-0.05, 0) is 24.6 Å². The second kappa shape index (κ2) is 3.79. The van der Waals surface area contributed by atoms with E-state index >= 15 is 0 Å². The lowest BCUT2D eigenvalue weighted by Gasteiger charge is -2.27. The lowest BCUT2D eigenvalue weighted by atomic mass is 9.98. The Hall–Kier alpha value is -1.02. The average Bonchev–Trinajstić information content (AvgIpc) is 2.19. The third-order valence-electron chi connectivity index (χ3n) is 2.54. The van der Waals surface area contributed by atoms with Gasteiger partial charge in [-0.15, -0.1) is 0 Å². The number of benzene rings is 1. The third-order valence-corrected chi connectivity index (χ3v) is 2.54. The SMILES string of the molecule is CCNC1CCNc2ccccc21. The third kappa shape index (κ3) is 1.68. The van der Waals surface area contributed by atoms with Crippen molar-refractivity contribution in [3.63, 3.8) is 0 Å². The van der Waals surface area contributed by atoms with Gasteiger partial charge in [0.25, 0.3) is 0 Å². The minimum Gasteiger partial charge on any atom is -0.385 e. The Labute approximate surface area is 79.4 Å². The second-order valence-corrected chi connectivity index (χ2v) is 3.41. The standard InChI is InChI=1S/C11H16N2/c1-2-12-11-7-8-13-10-6-4-3-5-9(10)11/h3-6,11-13H,2,7-8H2,1H3.